The topological polar surface area (TPSA) is 288 Å². The summed E-state index contributed by atoms with van der Waals surface area (Å²) in [6.45, 7) is 18.1. The summed E-state index contributed by atoms with van der Waals surface area (Å²) in [4.78, 5) is 69.3. The lowest BCUT2D eigenvalue weighted by Crippen LogP contribution is -2.65. The van der Waals surface area contributed by atoms with Crippen LogP contribution in [0.15, 0.2) is 54.2 Å². The fourth-order valence-electron chi connectivity index (χ4n) is 11.0. The van der Waals surface area contributed by atoms with Gasteiger partial charge in [-0.15, -0.1) is 0 Å². The molecule has 0 saturated carbocycles. The van der Waals surface area contributed by atoms with E-state index in [1.54, 1.807) is 45.9 Å². The zero-order chi connectivity index (χ0) is 58.2. The average Bonchev–Trinajstić information content (AvgIpc) is 3.44. The molecule has 440 valence electrons. The van der Waals surface area contributed by atoms with Crippen molar-refractivity contribution in [1.82, 2.24) is 26.4 Å². The molecule has 2 saturated heterocycles. The van der Waals surface area contributed by atoms with Crippen molar-refractivity contribution in [2.24, 2.45) is 47.3 Å². The number of phenolic OH excluding ortho intramolecular Hbond substituents is 1. The van der Waals surface area contributed by atoms with Crippen LogP contribution in [-0.4, -0.2) is 137 Å². The third-order valence-electron chi connectivity index (χ3n) is 16.6. The van der Waals surface area contributed by atoms with Gasteiger partial charge in [-0.25, -0.2) is 9.82 Å². The standard InChI is InChI=1S/C59H94FN5O13/c1-11-18-44-53(71)35(6)19-15-13-14-16-21-50(37(8)27-49(69)48(68)25-22-34(5)47(67)24-23-36(7)52(70)39(10)59(77)38(9)28-41(12-2)54(72)63-59)78-58(76)45-20-17-26-65(64-45)57(75)46(31-40-29-42(60)32-43(66)30-40)61-56(74)51(33(3)4)62-55(44)73/h13-16,27,29-30,32-36,38-39,41,44-53,64,66-71,77H,11-12,17-26,28,31H2,1-10H3,(H,61,74)(H,62,73)(H,63,72)/b15-13+,16-14+,37-27+/t34?,35?,36?,38-,39?,41?,44?,45?,46?,47?,48?,49?,50-,51?,52?,53?,59+/m0/s1. The van der Waals surface area contributed by atoms with E-state index in [2.05, 4.69) is 21.4 Å². The molecule has 4 rings (SSSR count). The first-order valence-electron chi connectivity index (χ1n) is 28.5. The molecule has 14 unspecified atom stereocenters. The molecule has 18 nitrogen and oxygen atoms in total. The number of aliphatic hydroxyl groups excluding tert-OH is 5. The molecule has 0 radical (unpaired) electrons. The lowest BCUT2D eigenvalue weighted by atomic mass is 9.72. The number of hydrogen-bond donors (Lipinski definition) is 11. The van der Waals surface area contributed by atoms with Gasteiger partial charge < -0.3 is 56.4 Å². The Morgan fingerprint density at radius 2 is 1.53 bits per heavy atom. The minimum Gasteiger partial charge on any atom is -0.508 e. The van der Waals surface area contributed by atoms with Crippen LogP contribution in [0.3, 0.4) is 0 Å². The molecule has 1 aromatic rings. The number of carbonyl (C=O) groups is 5. The number of aromatic hydroxyl groups is 1. The van der Waals surface area contributed by atoms with E-state index in [9.17, 15) is 64.1 Å². The number of esters is 1. The molecule has 0 aromatic heterocycles. The highest BCUT2D eigenvalue weighted by Gasteiger charge is 2.49. The summed E-state index contributed by atoms with van der Waals surface area (Å²) in [5, 5.41) is 87.7. The predicted molar refractivity (Wildman–Crippen MR) is 294 cm³/mol. The summed E-state index contributed by atoms with van der Waals surface area (Å²) in [6.07, 6.45) is 6.28. The average molecular weight is 1100 g/mol. The highest BCUT2D eigenvalue weighted by molar-refractivity contribution is 5.93. The van der Waals surface area contributed by atoms with Crippen LogP contribution in [-0.2, 0) is 35.1 Å². The van der Waals surface area contributed by atoms with E-state index in [4.69, 9.17) is 4.74 Å². The SMILES string of the molecule is CCCC1C(=O)NC(C(C)C)C(=O)NC(Cc2cc(O)cc(F)c2)C(=O)N2CCCC(N2)C(=O)O[C@H](/C(C)=C/C(O)C(O)CCC(C)C(O)CCC(C)C(O)C(C)[C@@]2(O)NC(=O)C(CC)C[C@@H]2C)C/C=C/C=C/CC(C)C1O. The number of amides is 4. The van der Waals surface area contributed by atoms with E-state index in [1.807, 2.05) is 47.6 Å². The Bertz CT molecular complexity index is 2210. The van der Waals surface area contributed by atoms with Crippen LogP contribution in [0.2, 0.25) is 0 Å². The second-order valence-corrected chi connectivity index (χ2v) is 23.2. The van der Waals surface area contributed by atoms with Gasteiger partial charge >= 0.3 is 5.97 Å². The van der Waals surface area contributed by atoms with Gasteiger partial charge in [0.25, 0.3) is 5.91 Å². The molecular weight excluding hydrogens is 1010 g/mol. The third-order valence-corrected chi connectivity index (χ3v) is 16.6. The van der Waals surface area contributed by atoms with E-state index in [-0.39, 0.29) is 73.3 Å². The van der Waals surface area contributed by atoms with Crippen molar-refractivity contribution in [3.05, 3.63) is 65.5 Å². The van der Waals surface area contributed by atoms with Crippen molar-refractivity contribution < 1.29 is 68.8 Å². The van der Waals surface area contributed by atoms with E-state index in [0.29, 0.717) is 63.4 Å². The number of rotatable bonds is 19. The Morgan fingerprint density at radius 3 is 2.17 bits per heavy atom. The van der Waals surface area contributed by atoms with Gasteiger partial charge in [-0.1, -0.05) is 99.1 Å². The normalized spacial score (nSPS) is 31.2. The zero-order valence-corrected chi connectivity index (χ0v) is 47.7. The van der Waals surface area contributed by atoms with Crippen LogP contribution in [0, 0.1) is 53.2 Å². The lowest BCUT2D eigenvalue weighted by molar-refractivity contribution is -0.170. The van der Waals surface area contributed by atoms with Crippen molar-refractivity contribution in [3.8, 4) is 5.75 Å². The van der Waals surface area contributed by atoms with Crippen molar-refractivity contribution in [1.29, 1.82) is 0 Å². The van der Waals surface area contributed by atoms with E-state index < -0.39 is 113 Å². The van der Waals surface area contributed by atoms with Gasteiger partial charge in [0.1, 0.15) is 41.5 Å². The molecule has 0 spiro atoms. The molecule has 11 N–H and O–H groups in total. The maximum absolute atomic E-state index is 14.6. The maximum Gasteiger partial charge on any atom is 0.325 e. The Kier molecular flexibility index (Phi) is 25.9. The Morgan fingerprint density at radius 1 is 0.872 bits per heavy atom. The maximum atomic E-state index is 14.6. The van der Waals surface area contributed by atoms with Crippen LogP contribution in [0.1, 0.15) is 152 Å². The van der Waals surface area contributed by atoms with Gasteiger partial charge in [0.05, 0.1) is 36.4 Å². The summed E-state index contributed by atoms with van der Waals surface area (Å²) in [7, 11) is 0. The molecule has 2 bridgehead atoms. The van der Waals surface area contributed by atoms with E-state index >= 15 is 0 Å². The fraction of sp³-hybridized carbons (Fsp3) is 0.712. The smallest absolute Gasteiger partial charge is 0.325 e. The number of fused-ring (bicyclic) bond motifs is 2. The molecule has 1 aromatic carbocycles. The van der Waals surface area contributed by atoms with Crippen molar-refractivity contribution in [2.45, 2.75) is 213 Å². The third kappa shape index (κ3) is 18.4. The van der Waals surface area contributed by atoms with Crippen molar-refractivity contribution >= 4 is 29.6 Å². The number of piperidine rings is 1. The van der Waals surface area contributed by atoms with Crippen LogP contribution in [0.5, 0.6) is 5.75 Å². The number of cyclic esters (lactones) is 1. The number of nitrogens with one attached hydrogen (secondary N) is 4. The van der Waals surface area contributed by atoms with E-state index in [1.165, 1.54) is 17.2 Å². The Balaban J connectivity index is 1.51. The van der Waals surface area contributed by atoms with Gasteiger partial charge in [-0.05, 0) is 118 Å². The number of hydrogen-bond acceptors (Lipinski definition) is 14. The number of halogens is 1. The minimum atomic E-state index is -1.57. The number of ether oxygens (including phenoxy) is 1. The molecule has 3 aliphatic heterocycles. The second-order valence-electron chi connectivity index (χ2n) is 23.2. The number of carbonyl (C=O) groups excluding carboxylic acids is 5. The molecule has 0 aliphatic carbocycles. The molecule has 78 heavy (non-hydrogen) atoms. The first kappa shape index (κ1) is 65.8. The van der Waals surface area contributed by atoms with Gasteiger partial charge in [0.15, 0.2) is 0 Å². The molecule has 2 fully saturated rings. The number of aliphatic hydroxyl groups is 6. The van der Waals surface area contributed by atoms with Gasteiger partial charge in [-0.3, -0.25) is 29.0 Å². The molecule has 3 aliphatic rings. The monoisotopic (exact) mass is 1100 g/mol. The van der Waals surface area contributed by atoms with E-state index in [0.717, 1.165) is 12.1 Å². The van der Waals surface area contributed by atoms with Gasteiger partial charge in [0, 0.05) is 43.2 Å². The van der Waals surface area contributed by atoms with Crippen LogP contribution in [0.25, 0.3) is 0 Å². The lowest BCUT2D eigenvalue weighted by Gasteiger charge is -2.47. The van der Waals surface area contributed by atoms with Crippen LogP contribution < -0.4 is 21.4 Å². The molecule has 17 atom stereocenters. The Labute approximate surface area is 461 Å². The van der Waals surface area contributed by atoms with Gasteiger partial charge in [0.2, 0.25) is 17.7 Å². The predicted octanol–water partition coefficient (Wildman–Crippen LogP) is 5.16. The van der Waals surface area contributed by atoms with Crippen molar-refractivity contribution in [3.63, 3.8) is 0 Å². The quantitative estimate of drug-likeness (QED) is 0.0631. The highest BCUT2D eigenvalue weighted by Crippen LogP contribution is 2.38. The summed E-state index contributed by atoms with van der Waals surface area (Å²) in [5.74, 6) is -7.47. The fourth-order valence-corrected chi connectivity index (χ4v) is 11.0. The van der Waals surface area contributed by atoms with Crippen LogP contribution in [0.4, 0.5) is 4.39 Å². The number of benzene rings is 1. The summed E-state index contributed by atoms with van der Waals surface area (Å²) in [5.41, 5.74) is 2.00. The number of nitrogens with zero attached hydrogens (tertiary/aromatic N) is 1. The highest BCUT2D eigenvalue weighted by atomic mass is 19.1. The molecule has 19 heteroatoms. The van der Waals surface area contributed by atoms with Crippen molar-refractivity contribution in [2.75, 3.05) is 6.54 Å². The first-order chi connectivity index (χ1) is 36.7. The zero-order valence-electron chi connectivity index (χ0n) is 47.7. The summed E-state index contributed by atoms with van der Waals surface area (Å²) in [6, 6.07) is -0.252. The molecule has 4 amide bonds. The number of hydrazine groups is 1. The van der Waals surface area contributed by atoms with Crippen LogP contribution >= 0.6 is 0 Å². The molecule has 3 heterocycles. The summed E-state index contributed by atoms with van der Waals surface area (Å²) < 4.78 is 20.7. The Hall–Kier alpha value is -4.76. The second kappa shape index (κ2) is 30.7. The van der Waals surface area contributed by atoms with Gasteiger partial charge in [-0.2, -0.15) is 0 Å². The largest absolute Gasteiger partial charge is 0.508 e. The minimum absolute atomic E-state index is 0.115. The molecular formula is C59H94FN5O13. The first-order valence-corrected chi connectivity index (χ1v) is 28.5. The number of allylic oxidation sites excluding steroid dienone is 3. The number of phenols is 1. The summed E-state index contributed by atoms with van der Waals surface area (Å²) >= 11 is 0.